The zero-order valence-electron chi connectivity index (χ0n) is 11.1. The number of hydrogen-bond acceptors (Lipinski definition) is 3. The fourth-order valence-corrected chi connectivity index (χ4v) is 2.26. The van der Waals surface area contributed by atoms with Crippen molar-refractivity contribution < 1.29 is 9.47 Å². The molecule has 2 aromatic rings. The zero-order chi connectivity index (χ0) is 13.9. The highest BCUT2D eigenvalue weighted by Crippen LogP contribution is 2.34. The van der Waals surface area contributed by atoms with Crippen LogP contribution in [0.2, 0.25) is 0 Å². The molecule has 1 aliphatic rings. The Morgan fingerprint density at radius 2 is 1.85 bits per heavy atom. The van der Waals surface area contributed by atoms with Crippen molar-refractivity contribution in [2.45, 2.75) is 6.42 Å². The van der Waals surface area contributed by atoms with Gasteiger partial charge in [0.25, 0.3) is 0 Å². The van der Waals surface area contributed by atoms with Gasteiger partial charge in [-0.3, -0.25) is 0 Å². The van der Waals surface area contributed by atoms with Gasteiger partial charge < -0.3 is 9.47 Å². The van der Waals surface area contributed by atoms with Crippen LogP contribution in [0.5, 0.6) is 11.5 Å². The van der Waals surface area contributed by atoms with Crippen molar-refractivity contribution in [3.8, 4) is 17.6 Å². The Balaban J connectivity index is 2.02. The third-order valence-corrected chi connectivity index (χ3v) is 3.31. The Hall–Kier alpha value is -2.73. The Morgan fingerprint density at radius 1 is 1.10 bits per heavy atom. The van der Waals surface area contributed by atoms with Crippen LogP contribution in [0.3, 0.4) is 0 Å². The van der Waals surface area contributed by atoms with Gasteiger partial charge in [0, 0.05) is 17.5 Å². The largest absolute Gasteiger partial charge is 0.497 e. The first-order chi connectivity index (χ1) is 9.81. The molecule has 0 fully saturated rings. The molecule has 0 N–H and O–H groups in total. The lowest BCUT2D eigenvalue weighted by atomic mass is 9.98. The standard InChI is InChI=1S/C17H13NO2/c1-19-15-8-6-12(7-9-15)17-14(11-18)10-13-4-2-3-5-16(13)20-17/h2-9H,10H2,1H3. The normalized spacial score (nSPS) is 13.2. The molecule has 0 aromatic heterocycles. The number of hydrogen-bond donors (Lipinski definition) is 0. The second-order valence-corrected chi connectivity index (χ2v) is 4.53. The SMILES string of the molecule is COc1ccc(C2=C(C#N)Cc3ccccc3O2)cc1. The molecular formula is C17H13NO2. The third kappa shape index (κ3) is 2.12. The zero-order valence-corrected chi connectivity index (χ0v) is 11.1. The maximum absolute atomic E-state index is 9.34. The molecule has 2 aromatic carbocycles. The summed E-state index contributed by atoms with van der Waals surface area (Å²) in [5.41, 5.74) is 2.58. The maximum atomic E-state index is 9.34. The summed E-state index contributed by atoms with van der Waals surface area (Å²) in [5, 5.41) is 9.34. The molecule has 1 heterocycles. The van der Waals surface area contributed by atoms with Crippen LogP contribution < -0.4 is 9.47 Å². The van der Waals surface area contributed by atoms with Crippen molar-refractivity contribution in [1.82, 2.24) is 0 Å². The number of para-hydroxylation sites is 1. The summed E-state index contributed by atoms with van der Waals surface area (Å²) < 4.78 is 11.1. The van der Waals surface area contributed by atoms with Gasteiger partial charge in [0.05, 0.1) is 18.8 Å². The lowest BCUT2D eigenvalue weighted by Crippen LogP contribution is -2.08. The highest BCUT2D eigenvalue weighted by atomic mass is 16.5. The van der Waals surface area contributed by atoms with E-state index in [0.717, 1.165) is 22.6 Å². The van der Waals surface area contributed by atoms with E-state index in [1.54, 1.807) is 7.11 Å². The number of ether oxygens (including phenoxy) is 2. The van der Waals surface area contributed by atoms with Crippen LogP contribution in [0, 0.1) is 11.3 Å². The van der Waals surface area contributed by atoms with Crippen molar-refractivity contribution >= 4 is 5.76 Å². The molecule has 0 amide bonds. The number of fused-ring (bicyclic) bond motifs is 1. The van der Waals surface area contributed by atoms with Crippen molar-refractivity contribution in [2.24, 2.45) is 0 Å². The van der Waals surface area contributed by atoms with Gasteiger partial charge in [-0.05, 0) is 30.3 Å². The lowest BCUT2D eigenvalue weighted by molar-refractivity contribution is 0.414. The van der Waals surface area contributed by atoms with E-state index in [2.05, 4.69) is 6.07 Å². The Labute approximate surface area is 117 Å². The maximum Gasteiger partial charge on any atom is 0.148 e. The highest BCUT2D eigenvalue weighted by molar-refractivity contribution is 5.72. The second-order valence-electron chi connectivity index (χ2n) is 4.53. The molecule has 0 spiro atoms. The van der Waals surface area contributed by atoms with Crippen LogP contribution in [0.1, 0.15) is 11.1 Å². The smallest absolute Gasteiger partial charge is 0.148 e. The fraction of sp³-hybridized carbons (Fsp3) is 0.118. The average molecular weight is 263 g/mol. The quantitative estimate of drug-likeness (QED) is 0.831. The molecule has 3 rings (SSSR count). The first-order valence-electron chi connectivity index (χ1n) is 6.35. The Morgan fingerprint density at radius 3 is 2.55 bits per heavy atom. The second kappa shape index (κ2) is 5.10. The number of methoxy groups -OCH3 is 1. The molecule has 20 heavy (non-hydrogen) atoms. The first-order valence-corrected chi connectivity index (χ1v) is 6.35. The first kappa shape index (κ1) is 12.3. The topological polar surface area (TPSA) is 42.2 Å². The average Bonchev–Trinajstić information content (AvgIpc) is 2.53. The van der Waals surface area contributed by atoms with Gasteiger partial charge in [-0.2, -0.15) is 5.26 Å². The van der Waals surface area contributed by atoms with Crippen molar-refractivity contribution in [3.63, 3.8) is 0 Å². The van der Waals surface area contributed by atoms with Crippen molar-refractivity contribution in [2.75, 3.05) is 7.11 Å². The molecule has 0 radical (unpaired) electrons. The minimum atomic E-state index is 0.605. The molecule has 0 aliphatic carbocycles. The number of allylic oxidation sites excluding steroid dienone is 1. The Kier molecular flexibility index (Phi) is 3.14. The summed E-state index contributed by atoms with van der Waals surface area (Å²) in [6, 6.07) is 17.6. The molecule has 1 aliphatic heterocycles. The van der Waals surface area contributed by atoms with E-state index in [4.69, 9.17) is 9.47 Å². The van der Waals surface area contributed by atoms with Crippen molar-refractivity contribution in [3.05, 3.63) is 65.2 Å². The lowest BCUT2D eigenvalue weighted by Gasteiger charge is -2.20. The molecule has 0 saturated carbocycles. The highest BCUT2D eigenvalue weighted by Gasteiger charge is 2.20. The summed E-state index contributed by atoms with van der Waals surface area (Å²) in [5.74, 6) is 2.23. The van der Waals surface area contributed by atoms with Gasteiger partial charge in [-0.15, -0.1) is 0 Å². The van der Waals surface area contributed by atoms with Crippen LogP contribution in [0.25, 0.3) is 5.76 Å². The van der Waals surface area contributed by atoms with Gasteiger partial charge in [-0.25, -0.2) is 0 Å². The van der Waals surface area contributed by atoms with Crippen LogP contribution in [0.4, 0.5) is 0 Å². The van der Waals surface area contributed by atoms with E-state index in [1.807, 2.05) is 48.5 Å². The Bertz CT molecular complexity index is 709. The number of benzene rings is 2. The summed E-state index contributed by atoms with van der Waals surface area (Å²) in [6.07, 6.45) is 0.605. The minimum Gasteiger partial charge on any atom is -0.497 e. The molecular weight excluding hydrogens is 250 g/mol. The van der Waals surface area contributed by atoms with Crippen LogP contribution >= 0.6 is 0 Å². The fourth-order valence-electron chi connectivity index (χ4n) is 2.26. The van der Waals surface area contributed by atoms with E-state index in [0.29, 0.717) is 17.8 Å². The molecule has 0 unspecified atom stereocenters. The predicted molar refractivity (Wildman–Crippen MR) is 76.3 cm³/mol. The third-order valence-electron chi connectivity index (χ3n) is 3.31. The van der Waals surface area contributed by atoms with Gasteiger partial charge >= 0.3 is 0 Å². The molecule has 0 saturated heterocycles. The number of nitrogens with zero attached hydrogens (tertiary/aromatic N) is 1. The summed E-state index contributed by atoms with van der Waals surface area (Å²) >= 11 is 0. The summed E-state index contributed by atoms with van der Waals surface area (Å²) in [6.45, 7) is 0. The van der Waals surface area contributed by atoms with Gasteiger partial charge in [0.2, 0.25) is 0 Å². The van der Waals surface area contributed by atoms with E-state index in [9.17, 15) is 5.26 Å². The number of nitriles is 1. The molecule has 0 bridgehead atoms. The van der Waals surface area contributed by atoms with Crippen molar-refractivity contribution in [1.29, 1.82) is 5.26 Å². The van der Waals surface area contributed by atoms with E-state index in [1.165, 1.54) is 0 Å². The van der Waals surface area contributed by atoms with E-state index >= 15 is 0 Å². The van der Waals surface area contributed by atoms with Crippen LogP contribution in [-0.2, 0) is 6.42 Å². The molecule has 3 heteroatoms. The summed E-state index contributed by atoms with van der Waals surface area (Å²) in [7, 11) is 1.63. The predicted octanol–water partition coefficient (Wildman–Crippen LogP) is 3.56. The van der Waals surface area contributed by atoms with E-state index in [-0.39, 0.29) is 0 Å². The molecule has 3 nitrogen and oxygen atoms in total. The summed E-state index contributed by atoms with van der Waals surface area (Å²) in [4.78, 5) is 0. The number of rotatable bonds is 2. The molecule has 0 atom stereocenters. The molecule has 98 valence electrons. The minimum absolute atomic E-state index is 0.605. The van der Waals surface area contributed by atoms with Gasteiger partial charge in [0.1, 0.15) is 17.3 Å². The van der Waals surface area contributed by atoms with Gasteiger partial charge in [-0.1, -0.05) is 18.2 Å². The monoisotopic (exact) mass is 263 g/mol. The van der Waals surface area contributed by atoms with E-state index < -0.39 is 0 Å². The van der Waals surface area contributed by atoms with Crippen LogP contribution in [-0.4, -0.2) is 7.11 Å². The van der Waals surface area contributed by atoms with Crippen LogP contribution in [0.15, 0.2) is 54.1 Å². The van der Waals surface area contributed by atoms with Gasteiger partial charge in [0.15, 0.2) is 0 Å².